The van der Waals surface area contributed by atoms with Gasteiger partial charge in [-0.3, -0.25) is 4.79 Å². The zero-order valence-electron chi connectivity index (χ0n) is 17.5. The molecule has 1 aliphatic heterocycles. The molecule has 1 aliphatic rings. The Morgan fingerprint density at radius 1 is 1.03 bits per heavy atom. The number of ether oxygens (including phenoxy) is 2. The van der Waals surface area contributed by atoms with Crippen molar-refractivity contribution in [2.75, 3.05) is 14.2 Å². The van der Waals surface area contributed by atoms with Gasteiger partial charge in [-0.05, 0) is 57.9 Å². The summed E-state index contributed by atoms with van der Waals surface area (Å²) in [5, 5.41) is 0. The van der Waals surface area contributed by atoms with Crippen molar-refractivity contribution in [2.24, 2.45) is 0 Å². The Bertz CT molecular complexity index is 1230. The molecule has 0 radical (unpaired) electrons. The third-order valence-corrected chi connectivity index (χ3v) is 6.43. The van der Waals surface area contributed by atoms with E-state index in [0.717, 1.165) is 24.3 Å². The second-order valence-corrected chi connectivity index (χ2v) is 8.20. The molecule has 1 unspecified atom stereocenters. The molecular weight excluding hydrogens is 506 g/mol. The Labute approximate surface area is 195 Å². The van der Waals surface area contributed by atoms with Crippen molar-refractivity contribution in [2.45, 2.75) is 19.0 Å². The fourth-order valence-corrected chi connectivity index (χ4v) is 4.64. The zero-order chi connectivity index (χ0) is 23.9. The van der Waals surface area contributed by atoms with Gasteiger partial charge in [0.2, 0.25) is 0 Å². The smallest absolute Gasteiger partial charge is 0.264 e. The van der Waals surface area contributed by atoms with E-state index in [1.54, 1.807) is 18.2 Å². The molecule has 0 aromatic heterocycles. The molecule has 0 aliphatic carbocycles. The van der Waals surface area contributed by atoms with Crippen LogP contribution in [0.1, 0.15) is 45.1 Å². The normalized spacial score (nSPS) is 15.2. The maximum atomic E-state index is 14.5. The SMILES string of the molecule is COc1ccc(CN2C(=O)c3ccc(F)c(Br)c3C2c2cc(F)ccc2C(F)F)c(OC)c1. The van der Waals surface area contributed by atoms with Crippen LogP contribution in [-0.4, -0.2) is 25.0 Å². The Hall–Kier alpha value is -3.07. The highest BCUT2D eigenvalue weighted by molar-refractivity contribution is 9.10. The van der Waals surface area contributed by atoms with Crippen LogP contribution < -0.4 is 9.47 Å². The van der Waals surface area contributed by atoms with Crippen molar-refractivity contribution in [1.82, 2.24) is 4.90 Å². The van der Waals surface area contributed by atoms with Crippen LogP contribution in [0, 0.1) is 11.6 Å². The fraction of sp³-hybridized carbons (Fsp3) is 0.208. The zero-order valence-corrected chi connectivity index (χ0v) is 19.1. The van der Waals surface area contributed by atoms with Gasteiger partial charge in [0.05, 0.1) is 31.3 Å². The number of fused-ring (bicyclic) bond motifs is 1. The summed E-state index contributed by atoms with van der Waals surface area (Å²) >= 11 is 3.16. The quantitative estimate of drug-likeness (QED) is 0.349. The molecule has 4 nitrogen and oxygen atoms in total. The lowest BCUT2D eigenvalue weighted by Crippen LogP contribution is -2.29. The largest absolute Gasteiger partial charge is 0.497 e. The van der Waals surface area contributed by atoms with Crippen molar-refractivity contribution in [1.29, 1.82) is 0 Å². The molecule has 172 valence electrons. The van der Waals surface area contributed by atoms with E-state index in [9.17, 15) is 22.4 Å². The molecule has 0 fully saturated rings. The van der Waals surface area contributed by atoms with Gasteiger partial charge >= 0.3 is 0 Å². The van der Waals surface area contributed by atoms with E-state index < -0.39 is 35.6 Å². The lowest BCUT2D eigenvalue weighted by atomic mass is 9.93. The van der Waals surface area contributed by atoms with Crippen LogP contribution in [-0.2, 0) is 6.54 Å². The highest BCUT2D eigenvalue weighted by Crippen LogP contribution is 2.46. The maximum absolute atomic E-state index is 14.5. The molecule has 0 spiro atoms. The number of halogens is 5. The second kappa shape index (κ2) is 9.05. The highest BCUT2D eigenvalue weighted by Gasteiger charge is 2.42. The van der Waals surface area contributed by atoms with E-state index in [0.29, 0.717) is 17.1 Å². The first-order valence-corrected chi connectivity index (χ1v) is 10.6. The number of amides is 1. The topological polar surface area (TPSA) is 38.8 Å². The third kappa shape index (κ3) is 4.06. The molecule has 0 saturated carbocycles. The first kappa shape index (κ1) is 23.1. The van der Waals surface area contributed by atoms with Crippen LogP contribution in [0.4, 0.5) is 17.6 Å². The van der Waals surface area contributed by atoms with E-state index in [1.165, 1.54) is 25.2 Å². The Morgan fingerprint density at radius 2 is 1.79 bits per heavy atom. The number of hydrogen-bond acceptors (Lipinski definition) is 3. The minimum Gasteiger partial charge on any atom is -0.497 e. The molecule has 0 bridgehead atoms. The van der Waals surface area contributed by atoms with Gasteiger partial charge in [-0.15, -0.1) is 0 Å². The molecule has 3 aromatic rings. The molecule has 9 heteroatoms. The van der Waals surface area contributed by atoms with Gasteiger partial charge in [-0.1, -0.05) is 6.07 Å². The minimum atomic E-state index is -2.93. The molecule has 33 heavy (non-hydrogen) atoms. The summed E-state index contributed by atoms with van der Waals surface area (Å²) in [5.74, 6) is -0.971. The summed E-state index contributed by atoms with van der Waals surface area (Å²) in [6.07, 6.45) is -2.93. The predicted octanol–water partition coefficient (Wildman–Crippen LogP) is 6.43. The summed E-state index contributed by atoms with van der Waals surface area (Å²) in [6.45, 7) is -0.0569. The van der Waals surface area contributed by atoms with Gasteiger partial charge in [0.25, 0.3) is 12.3 Å². The van der Waals surface area contributed by atoms with Gasteiger partial charge in [-0.2, -0.15) is 0 Å². The summed E-state index contributed by atoms with van der Waals surface area (Å²) in [4.78, 5) is 14.7. The molecule has 1 heterocycles. The predicted molar refractivity (Wildman–Crippen MR) is 117 cm³/mol. The second-order valence-electron chi connectivity index (χ2n) is 7.41. The molecule has 0 N–H and O–H groups in total. The number of hydrogen-bond donors (Lipinski definition) is 0. The average Bonchev–Trinajstić information content (AvgIpc) is 3.08. The third-order valence-electron chi connectivity index (χ3n) is 5.62. The van der Waals surface area contributed by atoms with E-state index in [-0.39, 0.29) is 27.7 Å². The number of benzene rings is 3. The van der Waals surface area contributed by atoms with Gasteiger partial charge in [0.15, 0.2) is 0 Å². The van der Waals surface area contributed by atoms with Crippen LogP contribution in [0.25, 0.3) is 0 Å². The number of methoxy groups -OCH3 is 2. The summed E-state index contributed by atoms with van der Waals surface area (Å²) in [5.41, 5.74) is 0.321. The van der Waals surface area contributed by atoms with Crippen molar-refractivity contribution < 1.29 is 31.8 Å². The van der Waals surface area contributed by atoms with Crippen LogP contribution in [0.15, 0.2) is 53.0 Å². The van der Waals surface area contributed by atoms with Crippen LogP contribution >= 0.6 is 15.9 Å². The van der Waals surface area contributed by atoms with E-state index >= 15 is 0 Å². The van der Waals surface area contributed by atoms with Crippen LogP contribution in [0.2, 0.25) is 0 Å². The van der Waals surface area contributed by atoms with Crippen LogP contribution in [0.3, 0.4) is 0 Å². The van der Waals surface area contributed by atoms with E-state index in [1.807, 2.05) is 0 Å². The first-order chi connectivity index (χ1) is 15.8. The van der Waals surface area contributed by atoms with Crippen molar-refractivity contribution in [3.63, 3.8) is 0 Å². The lowest BCUT2D eigenvalue weighted by molar-refractivity contribution is 0.0728. The number of carbonyl (C=O) groups is 1. The number of nitrogens with zero attached hydrogens (tertiary/aromatic N) is 1. The number of rotatable bonds is 6. The van der Waals surface area contributed by atoms with Gasteiger partial charge < -0.3 is 14.4 Å². The summed E-state index contributed by atoms with van der Waals surface area (Å²) in [6, 6.07) is 9.13. The van der Waals surface area contributed by atoms with Gasteiger partial charge in [0.1, 0.15) is 23.1 Å². The maximum Gasteiger partial charge on any atom is 0.264 e. The molecule has 3 aromatic carbocycles. The monoisotopic (exact) mass is 523 g/mol. The summed E-state index contributed by atoms with van der Waals surface area (Å²) < 4.78 is 67.0. The molecule has 1 amide bonds. The Morgan fingerprint density at radius 3 is 2.45 bits per heavy atom. The van der Waals surface area contributed by atoms with Crippen molar-refractivity contribution in [3.05, 3.63) is 92.5 Å². The van der Waals surface area contributed by atoms with E-state index in [4.69, 9.17) is 9.47 Å². The number of alkyl halides is 2. The van der Waals surface area contributed by atoms with Crippen LogP contribution in [0.5, 0.6) is 11.5 Å². The first-order valence-electron chi connectivity index (χ1n) is 9.84. The van der Waals surface area contributed by atoms with Crippen molar-refractivity contribution in [3.8, 4) is 11.5 Å². The molecular formula is C24H18BrF4NO3. The minimum absolute atomic E-state index is 0.0352. The molecule has 1 atom stereocenters. The van der Waals surface area contributed by atoms with E-state index in [2.05, 4.69) is 15.9 Å². The average molecular weight is 524 g/mol. The highest BCUT2D eigenvalue weighted by atomic mass is 79.9. The number of carbonyl (C=O) groups excluding carboxylic acids is 1. The Balaban J connectivity index is 1.91. The Kier molecular flexibility index (Phi) is 6.34. The van der Waals surface area contributed by atoms with Gasteiger partial charge in [-0.25, -0.2) is 17.6 Å². The van der Waals surface area contributed by atoms with Crippen molar-refractivity contribution >= 4 is 21.8 Å². The summed E-state index contributed by atoms with van der Waals surface area (Å²) in [7, 11) is 2.94. The lowest BCUT2D eigenvalue weighted by Gasteiger charge is -2.28. The standard InChI is InChI=1S/C24H18BrF4NO3/c1-32-14-5-3-12(19(10-14)33-2)11-30-22(17-9-13(26)4-6-15(17)23(28)29)20-16(24(30)31)7-8-18(27)21(20)25/h3-10,22-23H,11H2,1-2H3. The van der Waals surface area contributed by atoms with Gasteiger partial charge in [0, 0.05) is 28.3 Å². The molecule has 0 saturated heterocycles. The fourth-order valence-electron chi connectivity index (χ4n) is 4.08. The molecule has 4 rings (SSSR count).